The number of methoxy groups -OCH3 is 1. The Morgan fingerprint density at radius 2 is 1.42 bits per heavy atom. The zero-order valence-electron chi connectivity index (χ0n) is 22.0. The number of urea groups is 1. The lowest BCUT2D eigenvalue weighted by Crippen LogP contribution is -2.51. The monoisotopic (exact) mass is 508 g/mol. The van der Waals surface area contributed by atoms with E-state index >= 15 is 0 Å². The van der Waals surface area contributed by atoms with Crippen molar-refractivity contribution in [3.63, 3.8) is 0 Å². The van der Waals surface area contributed by atoms with Gasteiger partial charge in [0.1, 0.15) is 5.75 Å². The molecule has 7 nitrogen and oxygen atoms in total. The van der Waals surface area contributed by atoms with E-state index < -0.39 is 0 Å². The van der Waals surface area contributed by atoms with Gasteiger partial charge in [0.2, 0.25) is 0 Å². The van der Waals surface area contributed by atoms with E-state index in [9.17, 15) is 9.59 Å². The summed E-state index contributed by atoms with van der Waals surface area (Å²) in [4.78, 5) is 30.1. The number of hydrogen-bond acceptors (Lipinski definition) is 3. The van der Waals surface area contributed by atoms with E-state index in [1.165, 1.54) is 0 Å². The third-order valence-electron chi connectivity index (χ3n) is 7.03. The first kappa shape index (κ1) is 25.1. The van der Waals surface area contributed by atoms with Crippen molar-refractivity contribution >= 4 is 17.6 Å². The average molecular weight is 509 g/mol. The zero-order valence-corrected chi connectivity index (χ0v) is 22.0. The standard InChI is InChI=1S/C31H32N4O3/c1-22-9-13-25(14-10-22)32-31(37)34-19-17-33(18-20-34)30(36)28-21-29(24-11-15-27(38-3)16-12-24)35(23(28)2)26-7-5-4-6-8-26/h4-16,21H,17-20H2,1-3H3,(H,32,37). The van der Waals surface area contributed by atoms with Crippen molar-refractivity contribution in [3.05, 3.63) is 102 Å². The number of rotatable bonds is 5. The molecule has 2 heterocycles. The van der Waals surface area contributed by atoms with Crippen molar-refractivity contribution in [2.24, 2.45) is 0 Å². The summed E-state index contributed by atoms with van der Waals surface area (Å²) in [5.41, 5.74) is 6.38. The molecule has 0 aliphatic carbocycles. The number of aryl methyl sites for hydroxylation is 1. The van der Waals surface area contributed by atoms with Crippen LogP contribution in [-0.2, 0) is 0 Å². The number of hydrogen-bond donors (Lipinski definition) is 1. The Kier molecular flexibility index (Phi) is 7.18. The number of carbonyl (C=O) groups excluding carboxylic acids is 2. The molecule has 1 N–H and O–H groups in total. The van der Waals surface area contributed by atoms with Gasteiger partial charge in [-0.25, -0.2) is 4.79 Å². The summed E-state index contributed by atoms with van der Waals surface area (Å²) >= 11 is 0. The number of nitrogens with zero attached hydrogens (tertiary/aromatic N) is 3. The summed E-state index contributed by atoms with van der Waals surface area (Å²) in [7, 11) is 1.65. The van der Waals surface area contributed by atoms with E-state index in [0.717, 1.165) is 39.6 Å². The molecule has 5 rings (SSSR count). The summed E-state index contributed by atoms with van der Waals surface area (Å²) in [6, 6.07) is 27.5. The number of ether oxygens (including phenoxy) is 1. The lowest BCUT2D eigenvalue weighted by atomic mass is 10.1. The number of nitrogens with one attached hydrogen (secondary N) is 1. The van der Waals surface area contributed by atoms with Gasteiger partial charge in [0.15, 0.2) is 0 Å². The number of aromatic nitrogens is 1. The molecule has 1 aliphatic rings. The van der Waals surface area contributed by atoms with Gasteiger partial charge in [-0.2, -0.15) is 0 Å². The first-order valence-electron chi connectivity index (χ1n) is 12.8. The Bertz CT molecular complexity index is 1420. The number of anilines is 1. The first-order chi connectivity index (χ1) is 18.4. The van der Waals surface area contributed by atoms with Crippen LogP contribution in [0.2, 0.25) is 0 Å². The molecule has 0 atom stereocenters. The molecular formula is C31H32N4O3. The lowest BCUT2D eigenvalue weighted by Gasteiger charge is -2.34. The molecule has 1 aliphatic heterocycles. The van der Waals surface area contributed by atoms with Gasteiger partial charge in [0.25, 0.3) is 5.91 Å². The highest BCUT2D eigenvalue weighted by Crippen LogP contribution is 2.31. The van der Waals surface area contributed by atoms with E-state index in [-0.39, 0.29) is 11.9 Å². The second kappa shape index (κ2) is 10.8. The summed E-state index contributed by atoms with van der Waals surface area (Å²) in [6.45, 7) is 5.92. The molecule has 194 valence electrons. The molecule has 0 bridgehead atoms. The fourth-order valence-corrected chi connectivity index (χ4v) is 4.83. The van der Waals surface area contributed by atoms with Crippen molar-refractivity contribution < 1.29 is 14.3 Å². The predicted molar refractivity (Wildman–Crippen MR) is 150 cm³/mol. The van der Waals surface area contributed by atoms with Crippen molar-refractivity contribution in [1.29, 1.82) is 0 Å². The largest absolute Gasteiger partial charge is 0.497 e. The van der Waals surface area contributed by atoms with Gasteiger partial charge in [0.05, 0.1) is 18.4 Å². The minimum absolute atomic E-state index is 0.0227. The fourth-order valence-electron chi connectivity index (χ4n) is 4.83. The van der Waals surface area contributed by atoms with Crippen LogP contribution in [0.4, 0.5) is 10.5 Å². The van der Waals surface area contributed by atoms with Gasteiger partial charge in [-0.05, 0) is 74.0 Å². The maximum Gasteiger partial charge on any atom is 0.321 e. The van der Waals surface area contributed by atoms with E-state index in [4.69, 9.17) is 4.74 Å². The van der Waals surface area contributed by atoms with Crippen LogP contribution in [0.15, 0.2) is 84.9 Å². The Hall–Kier alpha value is -4.52. The van der Waals surface area contributed by atoms with Crippen LogP contribution in [0.5, 0.6) is 5.75 Å². The van der Waals surface area contributed by atoms with Crippen LogP contribution in [0.3, 0.4) is 0 Å². The number of amides is 3. The summed E-state index contributed by atoms with van der Waals surface area (Å²) in [6.07, 6.45) is 0. The lowest BCUT2D eigenvalue weighted by molar-refractivity contribution is 0.0671. The molecule has 7 heteroatoms. The molecule has 1 fully saturated rings. The van der Waals surface area contributed by atoms with Gasteiger partial charge in [-0.3, -0.25) is 4.79 Å². The SMILES string of the molecule is COc1ccc(-c2cc(C(=O)N3CCN(C(=O)Nc4ccc(C)cc4)CC3)c(C)n2-c2ccccc2)cc1. The normalized spacial score (nSPS) is 13.3. The summed E-state index contributed by atoms with van der Waals surface area (Å²) < 4.78 is 7.46. The topological polar surface area (TPSA) is 66.8 Å². The quantitative estimate of drug-likeness (QED) is 0.373. The number of piperazine rings is 1. The third-order valence-corrected chi connectivity index (χ3v) is 7.03. The van der Waals surface area contributed by atoms with Crippen LogP contribution < -0.4 is 10.1 Å². The van der Waals surface area contributed by atoms with E-state index in [1.807, 2.05) is 104 Å². The van der Waals surface area contributed by atoms with Gasteiger partial charge in [-0.15, -0.1) is 0 Å². The highest BCUT2D eigenvalue weighted by Gasteiger charge is 2.28. The van der Waals surface area contributed by atoms with Crippen molar-refractivity contribution in [3.8, 4) is 22.7 Å². The molecule has 3 amide bonds. The van der Waals surface area contributed by atoms with Gasteiger partial charge in [0, 0.05) is 43.2 Å². The van der Waals surface area contributed by atoms with Crippen LogP contribution in [0, 0.1) is 13.8 Å². The zero-order chi connectivity index (χ0) is 26.6. The Balaban J connectivity index is 1.35. The molecule has 0 saturated carbocycles. The summed E-state index contributed by atoms with van der Waals surface area (Å²) in [5, 5.41) is 2.95. The van der Waals surface area contributed by atoms with Crippen LogP contribution in [0.1, 0.15) is 21.6 Å². The smallest absolute Gasteiger partial charge is 0.321 e. The molecule has 4 aromatic rings. The number of carbonyl (C=O) groups is 2. The molecule has 3 aromatic carbocycles. The third kappa shape index (κ3) is 5.13. The molecular weight excluding hydrogens is 476 g/mol. The average Bonchev–Trinajstić information content (AvgIpc) is 3.31. The molecule has 0 radical (unpaired) electrons. The Labute approximate surface area is 223 Å². The maximum atomic E-state index is 13.7. The molecule has 38 heavy (non-hydrogen) atoms. The van der Waals surface area contributed by atoms with Crippen LogP contribution in [-0.4, -0.2) is 59.6 Å². The van der Waals surface area contributed by atoms with E-state index in [2.05, 4.69) is 9.88 Å². The van der Waals surface area contributed by atoms with Crippen molar-refractivity contribution in [2.75, 3.05) is 38.6 Å². The second-order valence-corrected chi connectivity index (χ2v) is 9.50. The molecule has 1 aromatic heterocycles. The Morgan fingerprint density at radius 1 is 0.789 bits per heavy atom. The number of para-hydroxylation sites is 1. The molecule has 1 saturated heterocycles. The summed E-state index contributed by atoms with van der Waals surface area (Å²) in [5.74, 6) is 0.759. The van der Waals surface area contributed by atoms with Gasteiger partial charge < -0.3 is 24.4 Å². The van der Waals surface area contributed by atoms with E-state index in [0.29, 0.717) is 31.7 Å². The van der Waals surface area contributed by atoms with Crippen molar-refractivity contribution in [2.45, 2.75) is 13.8 Å². The Morgan fingerprint density at radius 3 is 2.05 bits per heavy atom. The molecule has 0 spiro atoms. The predicted octanol–water partition coefficient (Wildman–Crippen LogP) is 5.76. The fraction of sp³-hybridized carbons (Fsp3) is 0.226. The van der Waals surface area contributed by atoms with Gasteiger partial charge in [-0.1, -0.05) is 35.9 Å². The van der Waals surface area contributed by atoms with Crippen LogP contribution in [0.25, 0.3) is 16.9 Å². The first-order valence-corrected chi connectivity index (χ1v) is 12.8. The minimum atomic E-state index is -0.144. The van der Waals surface area contributed by atoms with Crippen LogP contribution >= 0.6 is 0 Å². The van der Waals surface area contributed by atoms with Gasteiger partial charge >= 0.3 is 6.03 Å². The maximum absolute atomic E-state index is 13.7. The second-order valence-electron chi connectivity index (χ2n) is 9.50. The minimum Gasteiger partial charge on any atom is -0.497 e. The van der Waals surface area contributed by atoms with Crippen molar-refractivity contribution in [1.82, 2.24) is 14.4 Å². The van der Waals surface area contributed by atoms with E-state index in [1.54, 1.807) is 12.0 Å². The highest BCUT2D eigenvalue weighted by molar-refractivity contribution is 5.97. The number of benzene rings is 3. The highest BCUT2D eigenvalue weighted by atomic mass is 16.5. The molecule has 0 unspecified atom stereocenters.